The maximum Gasteiger partial charge on any atom is 0.159 e. The molecule has 1 heterocycles. The Kier molecular flexibility index (Phi) is 4.30. The SMILES string of the molecule is CC(C)N1CCC(NCc2ccc(F)c(F)c2)C1. The van der Waals surface area contributed by atoms with Crippen LogP contribution in [0.1, 0.15) is 25.8 Å². The number of hydrogen-bond acceptors (Lipinski definition) is 2. The average Bonchev–Trinajstić information content (AvgIpc) is 2.79. The molecule has 1 aromatic carbocycles. The summed E-state index contributed by atoms with van der Waals surface area (Å²) in [7, 11) is 0. The molecular formula is C14H20F2N2. The summed E-state index contributed by atoms with van der Waals surface area (Å²) in [6.07, 6.45) is 1.11. The van der Waals surface area contributed by atoms with Gasteiger partial charge in [-0.25, -0.2) is 8.78 Å². The minimum absolute atomic E-state index is 0.445. The Bertz CT molecular complexity index is 407. The molecule has 100 valence electrons. The van der Waals surface area contributed by atoms with Crippen molar-refractivity contribution in [1.29, 1.82) is 0 Å². The van der Waals surface area contributed by atoms with E-state index >= 15 is 0 Å². The third-order valence-corrected chi connectivity index (χ3v) is 3.53. The number of benzene rings is 1. The van der Waals surface area contributed by atoms with Gasteiger partial charge in [-0.1, -0.05) is 6.07 Å². The molecule has 0 spiro atoms. The lowest BCUT2D eigenvalue weighted by atomic mass is 10.2. The van der Waals surface area contributed by atoms with Crippen LogP contribution in [-0.4, -0.2) is 30.1 Å². The van der Waals surface area contributed by atoms with E-state index in [2.05, 4.69) is 24.1 Å². The summed E-state index contributed by atoms with van der Waals surface area (Å²) in [5.41, 5.74) is 0.789. The van der Waals surface area contributed by atoms with E-state index in [0.717, 1.165) is 25.1 Å². The van der Waals surface area contributed by atoms with Crippen LogP contribution < -0.4 is 5.32 Å². The second-order valence-electron chi connectivity index (χ2n) is 5.20. The van der Waals surface area contributed by atoms with Gasteiger partial charge >= 0.3 is 0 Å². The Balaban J connectivity index is 1.83. The lowest BCUT2D eigenvalue weighted by Gasteiger charge is -2.20. The van der Waals surface area contributed by atoms with E-state index in [1.807, 2.05) is 0 Å². The molecule has 0 bridgehead atoms. The van der Waals surface area contributed by atoms with Gasteiger partial charge in [0.05, 0.1) is 0 Å². The van der Waals surface area contributed by atoms with Crippen LogP contribution >= 0.6 is 0 Å². The third kappa shape index (κ3) is 3.27. The lowest BCUT2D eigenvalue weighted by molar-refractivity contribution is 0.268. The summed E-state index contributed by atoms with van der Waals surface area (Å²) in [5, 5.41) is 3.40. The molecule has 2 rings (SSSR count). The van der Waals surface area contributed by atoms with Crippen molar-refractivity contribution in [3.05, 3.63) is 35.4 Å². The van der Waals surface area contributed by atoms with Crippen molar-refractivity contribution in [2.75, 3.05) is 13.1 Å². The van der Waals surface area contributed by atoms with Gasteiger partial charge in [0.1, 0.15) is 0 Å². The Hall–Kier alpha value is -1.00. The van der Waals surface area contributed by atoms with E-state index in [-0.39, 0.29) is 0 Å². The van der Waals surface area contributed by atoms with Gasteiger partial charge in [-0.2, -0.15) is 0 Å². The second kappa shape index (κ2) is 5.76. The maximum absolute atomic E-state index is 13.0. The number of nitrogens with one attached hydrogen (secondary N) is 1. The van der Waals surface area contributed by atoms with Crippen LogP contribution in [0, 0.1) is 11.6 Å². The van der Waals surface area contributed by atoms with Crippen LogP contribution in [0.25, 0.3) is 0 Å². The molecule has 1 N–H and O–H groups in total. The topological polar surface area (TPSA) is 15.3 Å². The molecule has 0 amide bonds. The van der Waals surface area contributed by atoms with E-state index in [1.165, 1.54) is 12.1 Å². The molecule has 2 nitrogen and oxygen atoms in total. The van der Waals surface area contributed by atoms with Gasteiger partial charge in [0.25, 0.3) is 0 Å². The first-order valence-electron chi connectivity index (χ1n) is 6.47. The van der Waals surface area contributed by atoms with Crippen molar-refractivity contribution < 1.29 is 8.78 Å². The van der Waals surface area contributed by atoms with Crippen LogP contribution in [-0.2, 0) is 6.54 Å². The highest BCUT2D eigenvalue weighted by Crippen LogP contribution is 2.14. The van der Waals surface area contributed by atoms with E-state index in [4.69, 9.17) is 0 Å². The highest BCUT2D eigenvalue weighted by Gasteiger charge is 2.23. The number of hydrogen-bond donors (Lipinski definition) is 1. The van der Waals surface area contributed by atoms with Crippen molar-refractivity contribution in [2.24, 2.45) is 0 Å². The second-order valence-corrected chi connectivity index (χ2v) is 5.20. The molecule has 1 aliphatic rings. The van der Waals surface area contributed by atoms with Gasteiger partial charge in [0, 0.05) is 25.2 Å². The van der Waals surface area contributed by atoms with Crippen molar-refractivity contribution in [2.45, 2.75) is 38.9 Å². The van der Waals surface area contributed by atoms with Crippen molar-refractivity contribution >= 4 is 0 Å². The van der Waals surface area contributed by atoms with Crippen LogP contribution in [0.2, 0.25) is 0 Å². The molecule has 1 fully saturated rings. The predicted octanol–water partition coefficient (Wildman–Crippen LogP) is 2.54. The molecule has 1 unspecified atom stereocenters. The molecule has 0 aromatic heterocycles. The number of nitrogens with zero attached hydrogens (tertiary/aromatic N) is 1. The Morgan fingerprint density at radius 1 is 1.33 bits per heavy atom. The average molecular weight is 254 g/mol. The fourth-order valence-corrected chi connectivity index (χ4v) is 2.33. The standard InChI is InChI=1S/C14H20F2N2/c1-10(2)18-6-5-12(9-18)17-8-11-3-4-13(15)14(16)7-11/h3-4,7,10,12,17H,5-6,8-9H2,1-2H3. The van der Waals surface area contributed by atoms with Crippen LogP contribution in [0.5, 0.6) is 0 Å². The van der Waals surface area contributed by atoms with Crippen LogP contribution in [0.3, 0.4) is 0 Å². The van der Waals surface area contributed by atoms with Gasteiger partial charge in [-0.05, 0) is 44.5 Å². The first-order valence-corrected chi connectivity index (χ1v) is 6.47. The zero-order valence-corrected chi connectivity index (χ0v) is 10.9. The predicted molar refractivity (Wildman–Crippen MR) is 68.3 cm³/mol. The highest BCUT2D eigenvalue weighted by molar-refractivity contribution is 5.17. The summed E-state index contributed by atoms with van der Waals surface area (Å²) in [5.74, 6) is -1.56. The first-order chi connectivity index (χ1) is 8.56. The fraction of sp³-hybridized carbons (Fsp3) is 0.571. The highest BCUT2D eigenvalue weighted by atomic mass is 19.2. The van der Waals surface area contributed by atoms with E-state index < -0.39 is 11.6 Å². The first kappa shape index (κ1) is 13.4. The monoisotopic (exact) mass is 254 g/mol. The molecule has 0 radical (unpaired) electrons. The van der Waals surface area contributed by atoms with Gasteiger partial charge < -0.3 is 5.32 Å². The lowest BCUT2D eigenvalue weighted by Crippen LogP contribution is -2.34. The van der Waals surface area contributed by atoms with Crippen molar-refractivity contribution in [3.8, 4) is 0 Å². The van der Waals surface area contributed by atoms with Crippen molar-refractivity contribution in [1.82, 2.24) is 10.2 Å². The van der Waals surface area contributed by atoms with E-state index in [9.17, 15) is 8.78 Å². The van der Waals surface area contributed by atoms with Crippen LogP contribution in [0.4, 0.5) is 8.78 Å². The molecule has 0 aliphatic carbocycles. The fourth-order valence-electron chi connectivity index (χ4n) is 2.33. The summed E-state index contributed by atoms with van der Waals surface area (Å²) < 4.78 is 25.8. The van der Waals surface area contributed by atoms with Gasteiger partial charge in [-0.3, -0.25) is 4.90 Å². The molecular weight excluding hydrogens is 234 g/mol. The molecule has 18 heavy (non-hydrogen) atoms. The zero-order chi connectivity index (χ0) is 13.1. The Morgan fingerprint density at radius 3 is 2.72 bits per heavy atom. The molecule has 1 atom stereocenters. The number of halogens is 2. The molecule has 1 saturated heterocycles. The van der Waals surface area contributed by atoms with Gasteiger partial charge in [0.2, 0.25) is 0 Å². The third-order valence-electron chi connectivity index (χ3n) is 3.53. The van der Waals surface area contributed by atoms with Gasteiger partial charge in [-0.15, -0.1) is 0 Å². The largest absolute Gasteiger partial charge is 0.309 e. The van der Waals surface area contributed by atoms with E-state index in [0.29, 0.717) is 18.6 Å². The van der Waals surface area contributed by atoms with Gasteiger partial charge in [0.15, 0.2) is 11.6 Å². The number of likely N-dealkylation sites (tertiary alicyclic amines) is 1. The van der Waals surface area contributed by atoms with Crippen LogP contribution in [0.15, 0.2) is 18.2 Å². The minimum Gasteiger partial charge on any atom is -0.309 e. The molecule has 1 aromatic rings. The Morgan fingerprint density at radius 2 is 2.11 bits per heavy atom. The normalized spacial score (nSPS) is 20.8. The summed E-state index contributed by atoms with van der Waals surface area (Å²) in [6.45, 7) is 7.11. The molecule has 4 heteroatoms. The molecule has 1 aliphatic heterocycles. The molecule has 0 saturated carbocycles. The maximum atomic E-state index is 13.0. The van der Waals surface area contributed by atoms with E-state index in [1.54, 1.807) is 6.07 Å². The summed E-state index contributed by atoms with van der Waals surface area (Å²) in [6, 6.07) is 5.08. The Labute approximate surface area is 107 Å². The quantitative estimate of drug-likeness (QED) is 0.888. The zero-order valence-electron chi connectivity index (χ0n) is 10.9. The number of rotatable bonds is 4. The summed E-state index contributed by atoms with van der Waals surface area (Å²) >= 11 is 0. The summed E-state index contributed by atoms with van der Waals surface area (Å²) in [4.78, 5) is 2.42. The smallest absolute Gasteiger partial charge is 0.159 e. The minimum atomic E-state index is -0.786. The van der Waals surface area contributed by atoms with Crippen molar-refractivity contribution in [3.63, 3.8) is 0 Å².